The SMILES string of the molecule is CCOC(=O)c1ccc(N2CCN(Cc3ccccc3)CC2)c(NC(=O)c2ccc(OCC)c([N+](=O)[O-])c2)c1. The molecule has 3 aromatic carbocycles. The van der Waals surface area contributed by atoms with Gasteiger partial charge in [0.2, 0.25) is 0 Å². The maximum atomic E-state index is 13.2. The van der Waals surface area contributed by atoms with Crippen LogP contribution in [0.1, 0.15) is 40.1 Å². The van der Waals surface area contributed by atoms with Gasteiger partial charge in [0.1, 0.15) is 0 Å². The zero-order chi connectivity index (χ0) is 27.8. The van der Waals surface area contributed by atoms with Crippen LogP contribution in [0.4, 0.5) is 17.1 Å². The number of piperazine rings is 1. The highest BCUT2D eigenvalue weighted by molar-refractivity contribution is 6.07. The molecule has 0 unspecified atom stereocenters. The summed E-state index contributed by atoms with van der Waals surface area (Å²) in [6.07, 6.45) is 0. The van der Waals surface area contributed by atoms with Crippen LogP contribution in [-0.4, -0.2) is 61.1 Å². The summed E-state index contributed by atoms with van der Waals surface area (Å²) in [5, 5.41) is 14.4. The minimum Gasteiger partial charge on any atom is -0.487 e. The van der Waals surface area contributed by atoms with Gasteiger partial charge < -0.3 is 19.7 Å². The number of esters is 1. The molecule has 10 nitrogen and oxygen atoms in total. The predicted molar refractivity (Wildman–Crippen MR) is 149 cm³/mol. The molecule has 3 aromatic rings. The normalized spacial score (nSPS) is 13.5. The number of hydrogen-bond donors (Lipinski definition) is 1. The van der Waals surface area contributed by atoms with E-state index in [4.69, 9.17) is 9.47 Å². The van der Waals surface area contributed by atoms with Gasteiger partial charge in [-0.3, -0.25) is 19.8 Å². The van der Waals surface area contributed by atoms with E-state index in [1.165, 1.54) is 23.8 Å². The van der Waals surface area contributed by atoms with Crippen molar-refractivity contribution >= 4 is 28.9 Å². The summed E-state index contributed by atoms with van der Waals surface area (Å²) < 4.78 is 10.5. The molecule has 10 heteroatoms. The van der Waals surface area contributed by atoms with E-state index in [1.807, 2.05) is 18.2 Å². The largest absolute Gasteiger partial charge is 0.487 e. The van der Waals surface area contributed by atoms with Crippen molar-refractivity contribution < 1.29 is 24.0 Å². The highest BCUT2D eigenvalue weighted by atomic mass is 16.6. The van der Waals surface area contributed by atoms with Crippen LogP contribution in [0.25, 0.3) is 0 Å². The Kier molecular flexibility index (Phi) is 9.11. The Morgan fingerprint density at radius 3 is 2.31 bits per heavy atom. The van der Waals surface area contributed by atoms with E-state index in [0.717, 1.165) is 38.4 Å². The zero-order valence-corrected chi connectivity index (χ0v) is 22.1. The molecule has 4 rings (SSSR count). The van der Waals surface area contributed by atoms with Gasteiger partial charge in [0.05, 0.1) is 35.1 Å². The molecule has 0 radical (unpaired) electrons. The fourth-order valence-corrected chi connectivity index (χ4v) is 4.52. The predicted octanol–water partition coefficient (Wildman–Crippen LogP) is 4.74. The second-order valence-corrected chi connectivity index (χ2v) is 9.03. The van der Waals surface area contributed by atoms with E-state index in [9.17, 15) is 19.7 Å². The van der Waals surface area contributed by atoms with Crippen LogP contribution >= 0.6 is 0 Å². The second kappa shape index (κ2) is 12.9. The summed E-state index contributed by atoms with van der Waals surface area (Å²) in [5.41, 5.74) is 2.55. The zero-order valence-electron chi connectivity index (χ0n) is 22.1. The topological polar surface area (TPSA) is 114 Å². The molecule has 0 bridgehead atoms. The number of nitro groups is 1. The lowest BCUT2D eigenvalue weighted by atomic mass is 10.1. The average molecular weight is 533 g/mol. The first-order valence-electron chi connectivity index (χ1n) is 12.9. The summed E-state index contributed by atoms with van der Waals surface area (Å²) >= 11 is 0. The van der Waals surface area contributed by atoms with E-state index in [-0.39, 0.29) is 30.2 Å². The van der Waals surface area contributed by atoms with Crippen molar-refractivity contribution in [1.82, 2.24) is 4.90 Å². The van der Waals surface area contributed by atoms with Gasteiger partial charge in [-0.1, -0.05) is 30.3 Å². The second-order valence-electron chi connectivity index (χ2n) is 9.03. The van der Waals surface area contributed by atoms with Crippen molar-refractivity contribution in [3.8, 4) is 5.75 Å². The van der Waals surface area contributed by atoms with Crippen LogP contribution in [-0.2, 0) is 11.3 Å². The smallest absolute Gasteiger partial charge is 0.338 e. The number of carbonyl (C=O) groups is 2. The average Bonchev–Trinajstić information content (AvgIpc) is 2.94. The monoisotopic (exact) mass is 532 g/mol. The Morgan fingerprint density at radius 2 is 1.64 bits per heavy atom. The van der Waals surface area contributed by atoms with Crippen molar-refractivity contribution in [2.24, 2.45) is 0 Å². The number of nitrogens with zero attached hydrogens (tertiary/aromatic N) is 3. The quantitative estimate of drug-likeness (QED) is 0.226. The third-order valence-electron chi connectivity index (χ3n) is 6.44. The Morgan fingerprint density at radius 1 is 0.923 bits per heavy atom. The Labute approximate surface area is 227 Å². The molecule has 204 valence electrons. The van der Waals surface area contributed by atoms with E-state index in [1.54, 1.807) is 32.0 Å². The molecule has 1 aliphatic rings. The van der Waals surface area contributed by atoms with Gasteiger partial charge in [-0.2, -0.15) is 0 Å². The first-order valence-corrected chi connectivity index (χ1v) is 12.9. The molecule has 0 aliphatic carbocycles. The molecule has 1 N–H and O–H groups in total. The number of nitro benzene ring substituents is 1. The molecule has 0 spiro atoms. The molecule has 0 aromatic heterocycles. The molecule has 39 heavy (non-hydrogen) atoms. The lowest BCUT2D eigenvalue weighted by Gasteiger charge is -2.37. The summed E-state index contributed by atoms with van der Waals surface area (Å²) in [5.74, 6) is -0.938. The van der Waals surface area contributed by atoms with Gasteiger partial charge in [0.15, 0.2) is 5.75 Å². The Bertz CT molecular complexity index is 1320. The fraction of sp³-hybridized carbons (Fsp3) is 0.310. The minimum absolute atomic E-state index is 0.0948. The summed E-state index contributed by atoms with van der Waals surface area (Å²) in [6, 6.07) is 19.4. The number of benzene rings is 3. The third kappa shape index (κ3) is 6.91. The minimum atomic E-state index is -0.580. The van der Waals surface area contributed by atoms with Crippen LogP contribution in [0.5, 0.6) is 5.75 Å². The van der Waals surface area contributed by atoms with E-state index >= 15 is 0 Å². The van der Waals surface area contributed by atoms with Crippen molar-refractivity contribution in [2.45, 2.75) is 20.4 Å². The highest BCUT2D eigenvalue weighted by Gasteiger charge is 2.23. The molecule has 1 saturated heterocycles. The maximum Gasteiger partial charge on any atom is 0.338 e. The van der Waals surface area contributed by atoms with Gasteiger partial charge in [-0.15, -0.1) is 0 Å². The first-order chi connectivity index (χ1) is 18.9. The molecule has 1 amide bonds. The van der Waals surface area contributed by atoms with Crippen LogP contribution in [0, 0.1) is 10.1 Å². The van der Waals surface area contributed by atoms with E-state index < -0.39 is 16.8 Å². The van der Waals surface area contributed by atoms with Gasteiger partial charge >= 0.3 is 11.7 Å². The molecule has 1 heterocycles. The van der Waals surface area contributed by atoms with Gasteiger partial charge in [0, 0.05) is 44.4 Å². The van der Waals surface area contributed by atoms with Crippen LogP contribution in [0.15, 0.2) is 66.7 Å². The van der Waals surface area contributed by atoms with Crippen molar-refractivity contribution in [3.63, 3.8) is 0 Å². The van der Waals surface area contributed by atoms with Gasteiger partial charge in [0.25, 0.3) is 5.91 Å². The number of amides is 1. The molecular weight excluding hydrogens is 500 g/mol. The van der Waals surface area contributed by atoms with Crippen molar-refractivity contribution in [3.05, 3.63) is 93.5 Å². The molecule has 0 atom stereocenters. The number of hydrogen-bond acceptors (Lipinski definition) is 8. The van der Waals surface area contributed by atoms with Crippen molar-refractivity contribution in [2.75, 3.05) is 49.6 Å². The third-order valence-corrected chi connectivity index (χ3v) is 6.44. The number of ether oxygens (including phenoxy) is 2. The Balaban J connectivity index is 1.56. The van der Waals surface area contributed by atoms with E-state index in [2.05, 4.69) is 27.2 Å². The van der Waals surface area contributed by atoms with Gasteiger partial charge in [-0.25, -0.2) is 4.79 Å². The lowest BCUT2D eigenvalue weighted by molar-refractivity contribution is -0.385. The summed E-state index contributed by atoms with van der Waals surface area (Å²) in [6.45, 7) is 7.89. The highest BCUT2D eigenvalue weighted by Crippen LogP contribution is 2.31. The summed E-state index contributed by atoms with van der Waals surface area (Å²) in [7, 11) is 0. The van der Waals surface area contributed by atoms with E-state index in [0.29, 0.717) is 11.3 Å². The fourth-order valence-electron chi connectivity index (χ4n) is 4.52. The van der Waals surface area contributed by atoms with Crippen LogP contribution in [0.3, 0.4) is 0 Å². The molecule has 1 aliphatic heterocycles. The van der Waals surface area contributed by atoms with Crippen LogP contribution < -0.4 is 15.0 Å². The van der Waals surface area contributed by atoms with Crippen LogP contribution in [0.2, 0.25) is 0 Å². The summed E-state index contributed by atoms with van der Waals surface area (Å²) in [4.78, 5) is 41.2. The lowest BCUT2D eigenvalue weighted by Crippen LogP contribution is -2.46. The van der Waals surface area contributed by atoms with Gasteiger partial charge in [-0.05, 0) is 49.7 Å². The maximum absolute atomic E-state index is 13.2. The van der Waals surface area contributed by atoms with Crippen molar-refractivity contribution in [1.29, 1.82) is 0 Å². The first kappa shape index (κ1) is 27.6. The standard InChI is InChI=1S/C29H32N4O6/c1-3-38-27-13-11-22(19-26(27)33(36)37)28(34)30-24-18-23(29(35)39-4-2)10-12-25(24)32-16-14-31(15-17-32)20-21-8-6-5-7-9-21/h5-13,18-19H,3-4,14-17,20H2,1-2H3,(H,30,34). The number of carbonyl (C=O) groups excluding carboxylic acids is 2. The molecule has 1 fully saturated rings. The molecular formula is C29H32N4O6. The Hall–Kier alpha value is -4.44. The number of anilines is 2. The number of nitrogens with one attached hydrogen (secondary N) is 1. The molecule has 0 saturated carbocycles. The number of rotatable bonds is 10.